The van der Waals surface area contributed by atoms with Crippen LogP contribution < -0.4 is 0 Å². The second-order valence-electron chi connectivity index (χ2n) is 26.3. The molecule has 3 spiro atoms. The van der Waals surface area contributed by atoms with Gasteiger partial charge in [0.25, 0.3) is 0 Å². The fourth-order valence-electron chi connectivity index (χ4n) is 17.3. The van der Waals surface area contributed by atoms with Gasteiger partial charge in [0.2, 0.25) is 0 Å². The van der Waals surface area contributed by atoms with Gasteiger partial charge < -0.3 is 76.5 Å². The first-order chi connectivity index (χ1) is 36.1. The Morgan fingerprint density at radius 2 is 1.16 bits per heavy atom. The van der Waals surface area contributed by atoms with Crippen LogP contribution in [0.15, 0.2) is 24.3 Å². The minimum absolute atomic E-state index is 0.000187. The van der Waals surface area contributed by atoms with E-state index in [9.17, 15) is 15.0 Å². The number of carbonyl (C=O) groups excluding carboxylic acids is 1. The van der Waals surface area contributed by atoms with Crippen molar-refractivity contribution in [3.63, 3.8) is 0 Å². The lowest BCUT2D eigenvalue weighted by Crippen LogP contribution is -2.62. The van der Waals surface area contributed by atoms with Crippen molar-refractivity contribution in [1.29, 1.82) is 0 Å². The monoisotopic (exact) mass is 1050 g/mol. The van der Waals surface area contributed by atoms with Crippen molar-refractivity contribution in [3.8, 4) is 0 Å². The summed E-state index contributed by atoms with van der Waals surface area (Å²) in [6, 6.07) is 0. The molecule has 2 N–H and O–H groups in total. The van der Waals surface area contributed by atoms with E-state index in [4.69, 9.17) is 66.3 Å². The maximum atomic E-state index is 14.5. The number of carbonyl (C=O) groups is 1. The lowest BCUT2D eigenvalue weighted by Gasteiger charge is -2.54. The molecule has 0 aromatic heterocycles. The van der Waals surface area contributed by atoms with E-state index < -0.39 is 41.8 Å². The number of hydrogen-bond acceptors (Lipinski definition) is 17. The van der Waals surface area contributed by atoms with Crippen molar-refractivity contribution in [2.24, 2.45) is 23.7 Å². The van der Waals surface area contributed by atoms with Gasteiger partial charge in [0.15, 0.2) is 17.4 Å². The Morgan fingerprint density at radius 3 is 2.01 bits per heavy atom. The number of rotatable bonds is 1. The molecule has 0 amide bonds. The molecule has 0 aromatic carbocycles. The molecule has 14 heterocycles. The fourth-order valence-corrected chi connectivity index (χ4v) is 17.3. The zero-order valence-corrected chi connectivity index (χ0v) is 44.6. The summed E-state index contributed by atoms with van der Waals surface area (Å²) in [5.74, 6) is -2.53. The molecule has 17 heteroatoms. The summed E-state index contributed by atoms with van der Waals surface area (Å²) in [5, 5.41) is 20.6. The smallest absolute Gasteiger partial charge is 0.308 e. The van der Waals surface area contributed by atoms with Crippen LogP contribution in [0.25, 0.3) is 0 Å². The molecule has 14 rings (SSSR count). The topological polar surface area (TPSA) is 187 Å². The second kappa shape index (κ2) is 19.5. The molecule has 29 atom stereocenters. The molecule has 0 saturated carbocycles. The fraction of sp³-hybridized carbons (Fsp3) is 0.914. The number of aliphatic hydroxyl groups is 2. The van der Waals surface area contributed by atoms with Crippen LogP contribution in [0.2, 0.25) is 0 Å². The van der Waals surface area contributed by atoms with Crippen LogP contribution in [0.4, 0.5) is 0 Å². The normalized spacial score (nSPS) is 57.5. The lowest BCUT2D eigenvalue weighted by molar-refractivity contribution is -0.371. The SMILES string of the molecule is C=C1C2CC3O[C@H]4C[C@H]5O[C@@]6(CC7O[C@@]8(C[C@H](C)C7O6)C[C@H](C)[C@@H]6OC(CO)[C@H](O)C[C@@H]6O8)C[C@H]5O[C@H]4[C@H](C)[C@H]3OC(=O)CC3CC[C@@H]4O[C@@H]5C[C@@H](O[C@@]6(CCC7CC(=C)[C@H](CCC(C[C@H]1C)O2)O7)CCC5O6)[C@H]4O3. The molecule has 14 fully saturated rings. The van der Waals surface area contributed by atoms with Crippen molar-refractivity contribution in [2.75, 3.05) is 6.61 Å². The highest BCUT2D eigenvalue weighted by molar-refractivity contribution is 5.70. The third-order valence-corrected chi connectivity index (χ3v) is 21.0. The minimum atomic E-state index is -0.903. The molecule has 0 aromatic rings. The summed E-state index contributed by atoms with van der Waals surface area (Å²) in [4.78, 5) is 14.5. The van der Waals surface area contributed by atoms with Gasteiger partial charge in [0.05, 0.1) is 129 Å². The number of hydrogen-bond donors (Lipinski definition) is 2. The number of ether oxygens (including phenoxy) is 14. The maximum Gasteiger partial charge on any atom is 0.308 e. The maximum absolute atomic E-state index is 14.5. The summed E-state index contributed by atoms with van der Waals surface area (Å²) < 4.78 is 96.3. The molecule has 418 valence electrons. The predicted octanol–water partition coefficient (Wildman–Crippen LogP) is 6.19. The number of fused-ring (bicyclic) bond motifs is 13. The molecule has 10 bridgehead atoms. The summed E-state index contributed by atoms with van der Waals surface area (Å²) >= 11 is 0. The van der Waals surface area contributed by atoms with E-state index >= 15 is 0 Å². The van der Waals surface area contributed by atoms with E-state index in [2.05, 4.69) is 40.9 Å². The Hall–Kier alpha value is -1.65. The average Bonchev–Trinajstić information content (AvgIpc) is 4.13. The van der Waals surface area contributed by atoms with Crippen LogP contribution >= 0.6 is 0 Å². The number of esters is 1. The summed E-state index contributed by atoms with van der Waals surface area (Å²) in [6.07, 6.45) is 6.71. The highest BCUT2D eigenvalue weighted by Gasteiger charge is 2.65. The third kappa shape index (κ3) is 9.29. The second-order valence-corrected chi connectivity index (χ2v) is 26.3. The molecular weight excluding hydrogens is 969 g/mol. The van der Waals surface area contributed by atoms with Crippen LogP contribution in [-0.2, 0) is 71.1 Å². The van der Waals surface area contributed by atoms with Crippen molar-refractivity contribution >= 4 is 5.97 Å². The van der Waals surface area contributed by atoms with Gasteiger partial charge in [0, 0.05) is 70.1 Å². The van der Waals surface area contributed by atoms with Gasteiger partial charge in [-0.2, -0.15) is 0 Å². The van der Waals surface area contributed by atoms with Crippen LogP contribution in [0.3, 0.4) is 0 Å². The largest absolute Gasteiger partial charge is 0.459 e. The summed E-state index contributed by atoms with van der Waals surface area (Å²) in [5.41, 5.74) is 2.19. The van der Waals surface area contributed by atoms with Crippen molar-refractivity contribution in [1.82, 2.24) is 0 Å². The average molecular weight is 1050 g/mol. The number of aliphatic hydroxyl groups excluding tert-OH is 2. The Balaban J connectivity index is 0.694. The van der Waals surface area contributed by atoms with Crippen molar-refractivity contribution in [3.05, 3.63) is 24.3 Å². The van der Waals surface area contributed by atoms with E-state index in [0.29, 0.717) is 57.8 Å². The van der Waals surface area contributed by atoms with Crippen molar-refractivity contribution in [2.45, 2.75) is 301 Å². The van der Waals surface area contributed by atoms with Gasteiger partial charge in [0.1, 0.15) is 18.3 Å². The van der Waals surface area contributed by atoms with Crippen LogP contribution in [-0.4, -0.2) is 174 Å². The molecule has 0 radical (unpaired) electrons. The van der Waals surface area contributed by atoms with Gasteiger partial charge in [-0.05, 0) is 80.3 Å². The Bertz CT molecular complexity index is 2180. The summed E-state index contributed by atoms with van der Waals surface area (Å²) in [7, 11) is 0. The predicted molar refractivity (Wildman–Crippen MR) is 264 cm³/mol. The van der Waals surface area contributed by atoms with Crippen LogP contribution in [0.1, 0.15) is 150 Å². The zero-order chi connectivity index (χ0) is 51.3. The van der Waals surface area contributed by atoms with Crippen LogP contribution in [0.5, 0.6) is 0 Å². The molecular formula is C58H84O17. The molecule has 14 aliphatic rings. The lowest BCUT2D eigenvalue weighted by atomic mass is 9.78. The quantitative estimate of drug-likeness (QED) is 0.224. The first-order valence-corrected chi connectivity index (χ1v) is 29.6. The van der Waals surface area contributed by atoms with Gasteiger partial charge in [-0.3, -0.25) is 4.79 Å². The van der Waals surface area contributed by atoms with E-state index in [1.807, 2.05) is 0 Å². The van der Waals surface area contributed by atoms with E-state index in [1.165, 1.54) is 0 Å². The molecule has 14 saturated heterocycles. The van der Waals surface area contributed by atoms with Crippen LogP contribution in [0, 0.1) is 23.7 Å². The minimum Gasteiger partial charge on any atom is -0.459 e. The summed E-state index contributed by atoms with van der Waals surface area (Å²) in [6.45, 7) is 17.6. The van der Waals surface area contributed by atoms with E-state index in [1.54, 1.807) is 0 Å². The molecule has 14 aliphatic heterocycles. The van der Waals surface area contributed by atoms with Crippen molar-refractivity contribution < 1.29 is 81.3 Å². The highest BCUT2D eigenvalue weighted by Crippen LogP contribution is 2.56. The molecule has 0 aliphatic carbocycles. The first-order valence-electron chi connectivity index (χ1n) is 29.6. The highest BCUT2D eigenvalue weighted by atomic mass is 16.8. The Labute approximate surface area is 441 Å². The van der Waals surface area contributed by atoms with Gasteiger partial charge in [-0.25, -0.2) is 0 Å². The standard InChI is InChI=1S/C58H84O17/c1-27-15-33-7-9-37-28(2)16-35(62-37)11-13-56-14-12-38(70-56)41-20-46(72-56)55-39(65-41)10-8-34(64-55)17-50(61)69-54-32(6)53-44(66-43(54)19-40(63-33)31(27)5)21-42-47(67-53)24-58(71-42)25-48-52(75-58)30(4)23-57(74-48)22-29(3)51-45(73-57)18-36(60)49(26-59)68-51/h27,29-30,32-49,51-55,59-60H,2,5,7-26H2,1,3-4,6H3/t27-,29+,30+,32+,33?,34?,35?,36-,37+,38?,39+,40?,41-,42-,43?,44+,45+,46-,47-,48?,49?,51+,52?,53+,54-,55+,56+,57-,58+/m1/s1. The van der Waals surface area contributed by atoms with Gasteiger partial charge in [-0.15, -0.1) is 0 Å². The molecule has 9 unspecified atom stereocenters. The third-order valence-electron chi connectivity index (χ3n) is 21.0. The van der Waals surface area contributed by atoms with Gasteiger partial charge in [-0.1, -0.05) is 40.9 Å². The zero-order valence-electron chi connectivity index (χ0n) is 44.6. The first kappa shape index (κ1) is 51.5. The Kier molecular flexibility index (Phi) is 13.4. The van der Waals surface area contributed by atoms with E-state index in [0.717, 1.165) is 68.9 Å². The molecule has 75 heavy (non-hydrogen) atoms. The molecule has 17 nitrogen and oxygen atoms in total. The van der Waals surface area contributed by atoms with Gasteiger partial charge >= 0.3 is 5.97 Å². The van der Waals surface area contributed by atoms with E-state index in [-0.39, 0.29) is 153 Å². The Morgan fingerprint density at radius 1 is 0.493 bits per heavy atom.